The molecule has 3 amide bonds. The molecule has 0 radical (unpaired) electrons. The number of amides is 3. The molecule has 12 heteroatoms. The molecule has 0 saturated heterocycles. The van der Waals surface area contributed by atoms with Gasteiger partial charge in [-0.15, -0.1) is 0 Å². The van der Waals surface area contributed by atoms with Crippen molar-refractivity contribution in [1.29, 1.82) is 0 Å². The second-order valence-electron chi connectivity index (χ2n) is 8.88. The number of para-hydroxylation sites is 1. The fourth-order valence-corrected chi connectivity index (χ4v) is 4.82. The highest BCUT2D eigenvalue weighted by atomic mass is 32.1. The number of hydrogen-bond donors (Lipinski definition) is 3. The van der Waals surface area contributed by atoms with Crippen LogP contribution in [-0.2, 0) is 13.0 Å². The summed E-state index contributed by atoms with van der Waals surface area (Å²) in [6, 6.07) is 8.46. The van der Waals surface area contributed by atoms with Crippen molar-refractivity contribution in [1.82, 2.24) is 20.3 Å². The van der Waals surface area contributed by atoms with Crippen LogP contribution in [0.3, 0.4) is 0 Å². The van der Waals surface area contributed by atoms with Gasteiger partial charge in [-0.2, -0.15) is 9.97 Å². The molecule has 1 aliphatic heterocycles. The number of nitrogens with zero attached hydrogens (tertiary/aromatic N) is 4. The molecule has 3 heterocycles. The van der Waals surface area contributed by atoms with E-state index in [0.717, 1.165) is 17.0 Å². The van der Waals surface area contributed by atoms with Crippen LogP contribution in [-0.4, -0.2) is 54.2 Å². The standard InChI is InChI=1S/C25H31N7O4S/c1-15(2)9-11-26-22(33)16-7-5-6-8-17(16)27-23(34)31-25-28-18-10-12-32(14-19(18)37-25)20-13-21(35-3)30-24(29-20)36-4/h5-8,13,15H,9-12,14H2,1-4H3,(H,26,33)(H2,27,28,31,34). The fourth-order valence-electron chi connectivity index (χ4n) is 3.80. The Labute approximate surface area is 219 Å². The lowest BCUT2D eigenvalue weighted by molar-refractivity contribution is 0.0953. The van der Waals surface area contributed by atoms with Gasteiger partial charge in [-0.3, -0.25) is 10.1 Å². The Morgan fingerprint density at radius 3 is 2.68 bits per heavy atom. The number of carbonyl (C=O) groups excluding carboxylic acids is 2. The molecule has 0 unspecified atom stereocenters. The average Bonchev–Trinajstić information content (AvgIpc) is 3.29. The molecule has 11 nitrogen and oxygen atoms in total. The topological polar surface area (TPSA) is 131 Å². The Morgan fingerprint density at radius 1 is 1.11 bits per heavy atom. The Bertz CT molecular complexity index is 1240. The van der Waals surface area contributed by atoms with E-state index in [4.69, 9.17) is 9.47 Å². The predicted molar refractivity (Wildman–Crippen MR) is 143 cm³/mol. The highest BCUT2D eigenvalue weighted by Crippen LogP contribution is 2.31. The third-order valence-electron chi connectivity index (χ3n) is 5.76. The molecule has 1 aliphatic rings. The smallest absolute Gasteiger partial charge is 0.325 e. The number of thiazole rings is 1. The van der Waals surface area contributed by atoms with Crippen LogP contribution in [0.2, 0.25) is 0 Å². The number of aromatic nitrogens is 3. The SMILES string of the molecule is COc1cc(N2CCc3nc(NC(=O)Nc4ccccc4C(=O)NCCC(C)C)sc3C2)nc(OC)n1. The summed E-state index contributed by atoms with van der Waals surface area (Å²) in [6.07, 6.45) is 1.58. The van der Waals surface area contributed by atoms with Gasteiger partial charge in [-0.1, -0.05) is 37.3 Å². The maximum absolute atomic E-state index is 12.8. The molecule has 0 atom stereocenters. The number of urea groups is 1. The molecule has 4 rings (SSSR count). The third-order valence-corrected chi connectivity index (χ3v) is 6.76. The van der Waals surface area contributed by atoms with Gasteiger partial charge in [0.15, 0.2) is 5.13 Å². The number of anilines is 3. The van der Waals surface area contributed by atoms with Crippen molar-refractivity contribution in [3.05, 3.63) is 46.5 Å². The zero-order valence-electron chi connectivity index (χ0n) is 21.3. The normalized spacial score (nSPS) is 12.6. The van der Waals surface area contributed by atoms with Gasteiger partial charge in [-0.25, -0.2) is 9.78 Å². The number of carbonyl (C=O) groups is 2. The molecule has 0 bridgehead atoms. The van der Waals surface area contributed by atoms with Crippen molar-refractivity contribution in [3.63, 3.8) is 0 Å². The molecule has 3 N–H and O–H groups in total. The largest absolute Gasteiger partial charge is 0.481 e. The molecule has 0 fully saturated rings. The summed E-state index contributed by atoms with van der Waals surface area (Å²) in [5, 5.41) is 8.98. The molecule has 1 aromatic carbocycles. The molecular weight excluding hydrogens is 494 g/mol. The predicted octanol–water partition coefficient (Wildman–Crippen LogP) is 3.93. The highest BCUT2D eigenvalue weighted by molar-refractivity contribution is 7.15. The lowest BCUT2D eigenvalue weighted by atomic mass is 10.1. The van der Waals surface area contributed by atoms with E-state index in [1.54, 1.807) is 37.4 Å². The van der Waals surface area contributed by atoms with Gasteiger partial charge in [0.2, 0.25) is 5.88 Å². The van der Waals surface area contributed by atoms with E-state index in [-0.39, 0.29) is 11.9 Å². The molecular formula is C25H31N7O4S. The Balaban J connectivity index is 1.40. The monoisotopic (exact) mass is 525 g/mol. The Morgan fingerprint density at radius 2 is 1.92 bits per heavy atom. The second kappa shape index (κ2) is 11.9. The van der Waals surface area contributed by atoms with Crippen LogP contribution in [0.15, 0.2) is 30.3 Å². The van der Waals surface area contributed by atoms with Crippen LogP contribution in [0, 0.1) is 5.92 Å². The van der Waals surface area contributed by atoms with Crippen molar-refractivity contribution in [3.8, 4) is 11.9 Å². The van der Waals surface area contributed by atoms with Crippen molar-refractivity contribution < 1.29 is 19.1 Å². The minimum absolute atomic E-state index is 0.223. The molecule has 0 saturated carbocycles. The van der Waals surface area contributed by atoms with Crippen LogP contribution in [0.25, 0.3) is 0 Å². The average molecular weight is 526 g/mol. The first-order chi connectivity index (χ1) is 17.9. The molecule has 0 aliphatic carbocycles. The molecule has 37 heavy (non-hydrogen) atoms. The quantitative estimate of drug-likeness (QED) is 0.383. The first-order valence-corrected chi connectivity index (χ1v) is 12.8. The van der Waals surface area contributed by atoms with Gasteiger partial charge in [0.05, 0.1) is 37.7 Å². The first-order valence-electron chi connectivity index (χ1n) is 12.0. The summed E-state index contributed by atoms with van der Waals surface area (Å²) in [4.78, 5) is 41.7. The van der Waals surface area contributed by atoms with E-state index >= 15 is 0 Å². The fraction of sp³-hybridized carbons (Fsp3) is 0.400. The summed E-state index contributed by atoms with van der Waals surface area (Å²) in [5.41, 5.74) is 1.78. The summed E-state index contributed by atoms with van der Waals surface area (Å²) in [6.45, 7) is 6.06. The molecule has 0 spiro atoms. The number of fused-ring (bicyclic) bond motifs is 1. The second-order valence-corrected chi connectivity index (χ2v) is 9.96. The number of ether oxygens (including phenoxy) is 2. The van der Waals surface area contributed by atoms with Crippen molar-refractivity contribution in [2.75, 3.05) is 42.8 Å². The van der Waals surface area contributed by atoms with Gasteiger partial charge in [0, 0.05) is 30.5 Å². The number of nitrogens with one attached hydrogen (secondary N) is 3. The lowest BCUT2D eigenvalue weighted by Gasteiger charge is -2.27. The molecule has 196 valence electrons. The minimum Gasteiger partial charge on any atom is -0.481 e. The zero-order valence-corrected chi connectivity index (χ0v) is 22.1. The highest BCUT2D eigenvalue weighted by Gasteiger charge is 2.24. The van der Waals surface area contributed by atoms with E-state index in [0.29, 0.717) is 60.1 Å². The molecule has 3 aromatic rings. The van der Waals surface area contributed by atoms with E-state index in [1.807, 2.05) is 0 Å². The van der Waals surface area contributed by atoms with E-state index in [1.165, 1.54) is 18.4 Å². The minimum atomic E-state index is -0.462. The Hall–Kier alpha value is -3.93. The lowest BCUT2D eigenvalue weighted by Crippen LogP contribution is -2.30. The maximum Gasteiger partial charge on any atom is 0.325 e. The number of benzene rings is 1. The van der Waals surface area contributed by atoms with Crippen LogP contribution < -0.4 is 30.3 Å². The number of rotatable bonds is 9. The van der Waals surface area contributed by atoms with Gasteiger partial charge in [0.1, 0.15) is 5.82 Å². The van der Waals surface area contributed by atoms with Crippen LogP contribution in [0.5, 0.6) is 11.9 Å². The summed E-state index contributed by atoms with van der Waals surface area (Å²) >= 11 is 1.41. The van der Waals surface area contributed by atoms with Crippen LogP contribution in [0.4, 0.5) is 21.4 Å². The summed E-state index contributed by atoms with van der Waals surface area (Å²) in [7, 11) is 3.06. The Kier molecular flexibility index (Phi) is 8.39. The van der Waals surface area contributed by atoms with Gasteiger partial charge < -0.3 is 25.0 Å². The van der Waals surface area contributed by atoms with E-state index < -0.39 is 6.03 Å². The summed E-state index contributed by atoms with van der Waals surface area (Å²) in [5.74, 6) is 1.38. The zero-order chi connectivity index (χ0) is 26.4. The number of methoxy groups -OCH3 is 2. The summed E-state index contributed by atoms with van der Waals surface area (Å²) < 4.78 is 10.4. The van der Waals surface area contributed by atoms with E-state index in [9.17, 15) is 9.59 Å². The van der Waals surface area contributed by atoms with Crippen molar-refractivity contribution >= 4 is 39.9 Å². The van der Waals surface area contributed by atoms with Crippen molar-refractivity contribution in [2.45, 2.75) is 33.2 Å². The molecule has 2 aromatic heterocycles. The first kappa shape index (κ1) is 26.1. The van der Waals surface area contributed by atoms with Crippen LogP contribution in [0.1, 0.15) is 41.2 Å². The van der Waals surface area contributed by atoms with Gasteiger partial charge in [0.25, 0.3) is 5.91 Å². The van der Waals surface area contributed by atoms with Gasteiger partial charge >= 0.3 is 12.0 Å². The van der Waals surface area contributed by atoms with E-state index in [2.05, 4.69) is 49.6 Å². The van der Waals surface area contributed by atoms with Crippen LogP contribution >= 0.6 is 11.3 Å². The van der Waals surface area contributed by atoms with Crippen molar-refractivity contribution in [2.24, 2.45) is 5.92 Å². The maximum atomic E-state index is 12.8. The number of hydrogen-bond acceptors (Lipinski definition) is 9. The third kappa shape index (κ3) is 6.64. The van der Waals surface area contributed by atoms with Gasteiger partial charge in [-0.05, 0) is 24.5 Å².